The standard InChI is InChI=1S/C14H19NOS/c16-14(9-13-7-4-8-17-11-13)15-10-12-5-2-1-3-6-12/h1-3,5-6,13H,4,7-11H2,(H,15,16). The van der Waals surface area contributed by atoms with Crippen molar-refractivity contribution < 1.29 is 4.79 Å². The number of nitrogens with one attached hydrogen (secondary N) is 1. The number of hydrogen-bond donors (Lipinski definition) is 1. The quantitative estimate of drug-likeness (QED) is 0.889. The number of rotatable bonds is 4. The van der Waals surface area contributed by atoms with Crippen LogP contribution in [0.4, 0.5) is 0 Å². The number of amides is 1. The van der Waals surface area contributed by atoms with E-state index >= 15 is 0 Å². The molecule has 2 nitrogen and oxygen atoms in total. The highest BCUT2D eigenvalue weighted by atomic mass is 32.2. The van der Waals surface area contributed by atoms with Crippen LogP contribution in [0.2, 0.25) is 0 Å². The third-order valence-electron chi connectivity index (χ3n) is 3.06. The Morgan fingerprint density at radius 1 is 1.35 bits per heavy atom. The summed E-state index contributed by atoms with van der Waals surface area (Å²) in [5, 5.41) is 3.00. The molecular weight excluding hydrogens is 230 g/mol. The Labute approximate surface area is 107 Å². The minimum Gasteiger partial charge on any atom is -0.352 e. The summed E-state index contributed by atoms with van der Waals surface area (Å²) in [5.41, 5.74) is 1.17. The molecule has 1 aromatic carbocycles. The van der Waals surface area contributed by atoms with Gasteiger partial charge in [0.05, 0.1) is 0 Å². The monoisotopic (exact) mass is 249 g/mol. The lowest BCUT2D eigenvalue weighted by atomic mass is 10.0. The average Bonchev–Trinajstić information content (AvgIpc) is 2.39. The number of benzene rings is 1. The van der Waals surface area contributed by atoms with Gasteiger partial charge in [-0.05, 0) is 35.8 Å². The van der Waals surface area contributed by atoms with Crippen LogP contribution in [0, 0.1) is 5.92 Å². The molecule has 0 radical (unpaired) electrons. The van der Waals surface area contributed by atoms with Crippen molar-refractivity contribution in [1.82, 2.24) is 5.32 Å². The number of hydrogen-bond acceptors (Lipinski definition) is 2. The van der Waals surface area contributed by atoms with E-state index in [1.54, 1.807) is 0 Å². The maximum absolute atomic E-state index is 11.8. The Hall–Kier alpha value is -0.960. The Bertz CT molecular complexity index is 346. The molecule has 0 saturated carbocycles. The van der Waals surface area contributed by atoms with E-state index in [2.05, 4.69) is 5.32 Å². The first-order valence-corrected chi connectivity index (χ1v) is 7.38. The van der Waals surface area contributed by atoms with Gasteiger partial charge in [0.25, 0.3) is 0 Å². The van der Waals surface area contributed by atoms with E-state index in [0.717, 1.165) is 5.75 Å². The van der Waals surface area contributed by atoms with E-state index in [0.29, 0.717) is 18.9 Å². The van der Waals surface area contributed by atoms with Gasteiger partial charge in [0.15, 0.2) is 0 Å². The van der Waals surface area contributed by atoms with Crippen LogP contribution in [-0.4, -0.2) is 17.4 Å². The minimum absolute atomic E-state index is 0.196. The van der Waals surface area contributed by atoms with Crippen molar-refractivity contribution in [2.45, 2.75) is 25.8 Å². The van der Waals surface area contributed by atoms with E-state index in [4.69, 9.17) is 0 Å². The first kappa shape index (κ1) is 12.5. The summed E-state index contributed by atoms with van der Waals surface area (Å²) in [5.74, 6) is 3.20. The molecule has 1 aliphatic rings. The van der Waals surface area contributed by atoms with Crippen LogP contribution in [0.25, 0.3) is 0 Å². The lowest BCUT2D eigenvalue weighted by molar-refractivity contribution is -0.122. The zero-order valence-electron chi connectivity index (χ0n) is 10.0. The second-order valence-corrected chi connectivity index (χ2v) is 5.70. The van der Waals surface area contributed by atoms with Crippen molar-refractivity contribution in [3.8, 4) is 0 Å². The largest absolute Gasteiger partial charge is 0.352 e. The van der Waals surface area contributed by atoms with E-state index in [9.17, 15) is 4.79 Å². The molecule has 1 N–H and O–H groups in total. The highest BCUT2D eigenvalue weighted by Gasteiger charge is 2.16. The molecule has 1 amide bonds. The summed E-state index contributed by atoms with van der Waals surface area (Å²) in [6.45, 7) is 0.652. The minimum atomic E-state index is 0.196. The Kier molecular flexibility index (Phi) is 4.92. The summed E-state index contributed by atoms with van der Waals surface area (Å²) >= 11 is 1.98. The molecule has 1 aliphatic heterocycles. The fraction of sp³-hybridized carbons (Fsp3) is 0.500. The molecule has 1 saturated heterocycles. The van der Waals surface area contributed by atoms with Crippen LogP contribution in [-0.2, 0) is 11.3 Å². The van der Waals surface area contributed by atoms with E-state index < -0.39 is 0 Å². The summed E-state index contributed by atoms with van der Waals surface area (Å²) in [4.78, 5) is 11.8. The van der Waals surface area contributed by atoms with Crippen LogP contribution < -0.4 is 5.32 Å². The average molecular weight is 249 g/mol. The third-order valence-corrected chi connectivity index (χ3v) is 4.35. The van der Waals surface area contributed by atoms with Crippen LogP contribution in [0.1, 0.15) is 24.8 Å². The number of thioether (sulfide) groups is 1. The highest BCUT2D eigenvalue weighted by molar-refractivity contribution is 7.99. The summed E-state index contributed by atoms with van der Waals surface area (Å²) < 4.78 is 0. The van der Waals surface area contributed by atoms with Gasteiger partial charge in [-0.1, -0.05) is 30.3 Å². The molecule has 1 heterocycles. The van der Waals surface area contributed by atoms with Gasteiger partial charge in [0.2, 0.25) is 5.91 Å². The predicted molar refractivity (Wildman–Crippen MR) is 73.0 cm³/mol. The van der Waals surface area contributed by atoms with Crippen LogP contribution in [0.15, 0.2) is 30.3 Å². The normalized spacial score (nSPS) is 19.9. The van der Waals surface area contributed by atoms with Crippen molar-refractivity contribution in [1.29, 1.82) is 0 Å². The maximum Gasteiger partial charge on any atom is 0.220 e. The van der Waals surface area contributed by atoms with Crippen molar-refractivity contribution in [2.24, 2.45) is 5.92 Å². The van der Waals surface area contributed by atoms with Gasteiger partial charge >= 0.3 is 0 Å². The van der Waals surface area contributed by atoms with E-state index in [-0.39, 0.29) is 5.91 Å². The lowest BCUT2D eigenvalue weighted by Crippen LogP contribution is -2.26. The first-order valence-electron chi connectivity index (χ1n) is 6.23. The Balaban J connectivity index is 1.70. The smallest absolute Gasteiger partial charge is 0.220 e. The van der Waals surface area contributed by atoms with Gasteiger partial charge < -0.3 is 5.32 Å². The van der Waals surface area contributed by atoms with Crippen molar-refractivity contribution in [2.75, 3.05) is 11.5 Å². The zero-order valence-corrected chi connectivity index (χ0v) is 10.8. The third kappa shape index (κ3) is 4.43. The molecule has 2 rings (SSSR count). The second kappa shape index (κ2) is 6.70. The van der Waals surface area contributed by atoms with Crippen molar-refractivity contribution in [3.05, 3.63) is 35.9 Å². The maximum atomic E-state index is 11.8. The molecule has 0 spiro atoms. The summed E-state index contributed by atoms with van der Waals surface area (Å²) in [6.07, 6.45) is 3.17. The molecule has 1 unspecified atom stereocenters. The summed E-state index contributed by atoms with van der Waals surface area (Å²) in [7, 11) is 0. The molecule has 1 aromatic rings. The van der Waals surface area contributed by atoms with E-state index in [1.165, 1.54) is 24.2 Å². The van der Waals surface area contributed by atoms with Gasteiger partial charge in [-0.15, -0.1) is 0 Å². The van der Waals surface area contributed by atoms with Gasteiger partial charge in [0.1, 0.15) is 0 Å². The summed E-state index contributed by atoms with van der Waals surface area (Å²) in [6, 6.07) is 10.1. The first-order chi connectivity index (χ1) is 8.34. The van der Waals surface area contributed by atoms with Crippen LogP contribution >= 0.6 is 11.8 Å². The van der Waals surface area contributed by atoms with Crippen molar-refractivity contribution >= 4 is 17.7 Å². The predicted octanol–water partition coefficient (Wildman–Crippen LogP) is 2.84. The van der Waals surface area contributed by atoms with Gasteiger partial charge in [-0.2, -0.15) is 11.8 Å². The molecular formula is C14H19NOS. The fourth-order valence-electron chi connectivity index (χ4n) is 2.10. The van der Waals surface area contributed by atoms with Gasteiger partial charge in [-0.25, -0.2) is 0 Å². The van der Waals surface area contributed by atoms with Gasteiger partial charge in [0, 0.05) is 13.0 Å². The highest BCUT2D eigenvalue weighted by Crippen LogP contribution is 2.24. The second-order valence-electron chi connectivity index (χ2n) is 4.55. The number of carbonyl (C=O) groups is 1. The number of carbonyl (C=O) groups excluding carboxylic acids is 1. The van der Waals surface area contributed by atoms with Crippen LogP contribution in [0.5, 0.6) is 0 Å². The SMILES string of the molecule is O=C(CC1CCCSC1)NCc1ccccc1. The Morgan fingerprint density at radius 2 is 2.18 bits per heavy atom. The topological polar surface area (TPSA) is 29.1 Å². The molecule has 1 atom stereocenters. The zero-order chi connectivity index (χ0) is 11.9. The molecule has 3 heteroatoms. The van der Waals surface area contributed by atoms with Gasteiger partial charge in [-0.3, -0.25) is 4.79 Å². The molecule has 0 aromatic heterocycles. The fourth-order valence-corrected chi connectivity index (χ4v) is 3.25. The Morgan fingerprint density at radius 3 is 2.88 bits per heavy atom. The molecule has 1 fully saturated rings. The molecule has 0 bridgehead atoms. The molecule has 0 aliphatic carbocycles. The van der Waals surface area contributed by atoms with Crippen LogP contribution in [0.3, 0.4) is 0 Å². The van der Waals surface area contributed by atoms with E-state index in [1.807, 2.05) is 42.1 Å². The molecule has 92 valence electrons. The van der Waals surface area contributed by atoms with Crippen molar-refractivity contribution in [3.63, 3.8) is 0 Å². The molecule has 17 heavy (non-hydrogen) atoms. The lowest BCUT2D eigenvalue weighted by Gasteiger charge is -2.20.